The molecule has 0 aromatic carbocycles. The van der Waals surface area contributed by atoms with Crippen LogP contribution in [0.3, 0.4) is 0 Å². The van der Waals surface area contributed by atoms with E-state index in [0.29, 0.717) is 39.4 Å². The van der Waals surface area contributed by atoms with Crippen LogP contribution in [0.4, 0.5) is 0 Å². The molecule has 9 aliphatic rings. The van der Waals surface area contributed by atoms with E-state index in [2.05, 4.69) is 95.7 Å². The number of fused-ring (bicyclic) bond motifs is 12. The molecule has 0 aromatic rings. The Bertz CT molecular complexity index is 1700. The monoisotopic (exact) mass is 823 g/mol. The second-order valence-electron chi connectivity index (χ2n) is 27.2. The molecule has 0 saturated heterocycles. The molecule has 18 atom stereocenters. The Labute approximate surface area is 370 Å². The summed E-state index contributed by atoms with van der Waals surface area (Å²) in [6.45, 7) is 35.8. The summed E-state index contributed by atoms with van der Waals surface area (Å²) in [4.78, 5) is 15.3. The van der Waals surface area contributed by atoms with E-state index in [9.17, 15) is 0 Å². The summed E-state index contributed by atoms with van der Waals surface area (Å²) in [7, 11) is 0. The molecule has 0 spiro atoms. The fourth-order valence-electron chi connectivity index (χ4n) is 20.7. The van der Waals surface area contributed by atoms with Crippen LogP contribution >= 0.6 is 0 Å². The molecule has 60 heavy (non-hydrogen) atoms. The van der Waals surface area contributed by atoms with Gasteiger partial charge < -0.3 is 4.74 Å². The van der Waals surface area contributed by atoms with Gasteiger partial charge in [-0.2, -0.15) is 0 Å². The molecule has 8 fully saturated rings. The minimum Gasteiger partial charge on any atom is -0.462 e. The maximum Gasteiger partial charge on any atom is 0.312 e. The lowest BCUT2D eigenvalue weighted by atomic mass is 9.32. The Morgan fingerprint density at radius 3 is 2.20 bits per heavy atom. The molecule has 338 valence electrons. The van der Waals surface area contributed by atoms with Crippen LogP contribution in [0.25, 0.3) is 0 Å². The predicted octanol–water partition coefficient (Wildman–Crippen LogP) is 16.2. The van der Waals surface area contributed by atoms with Crippen molar-refractivity contribution in [2.45, 2.75) is 224 Å². The molecule has 0 aromatic heterocycles. The Hall–Kier alpha value is -1.05. The van der Waals surface area contributed by atoms with E-state index < -0.39 is 0 Å². The minimum atomic E-state index is -0.327. The summed E-state index contributed by atoms with van der Waals surface area (Å²) in [6.07, 6.45) is 29.9. The summed E-state index contributed by atoms with van der Waals surface area (Å²) >= 11 is 0. The van der Waals surface area contributed by atoms with E-state index in [1.165, 1.54) is 108 Å². The lowest BCUT2D eigenvalue weighted by molar-refractivity contribution is -0.244. The van der Waals surface area contributed by atoms with Crippen LogP contribution in [0.1, 0.15) is 218 Å². The third-order valence-electron chi connectivity index (χ3n) is 24.6. The van der Waals surface area contributed by atoms with Crippen LogP contribution in [0.2, 0.25) is 0 Å². The number of hydrogen-bond donors (Lipinski definition) is 0. The summed E-state index contributed by atoms with van der Waals surface area (Å²) in [5, 5.41) is 0. The quantitative estimate of drug-likeness (QED) is 0.180. The first kappa shape index (κ1) is 44.2. The van der Waals surface area contributed by atoms with Crippen molar-refractivity contribution in [2.24, 2.45) is 109 Å². The molecule has 0 radical (unpaired) electrons. The lowest BCUT2D eigenvalue weighted by Crippen LogP contribution is -2.66. The Kier molecular flexibility index (Phi) is 11.0. The molecule has 8 saturated carbocycles. The molecular weight excluding hydrogens is 729 g/mol. The topological polar surface area (TPSA) is 26.3 Å². The van der Waals surface area contributed by atoms with Crippen LogP contribution in [-0.2, 0) is 9.53 Å². The number of ether oxygens (including phenoxy) is 1. The van der Waals surface area contributed by atoms with Crippen LogP contribution in [0, 0.1) is 109 Å². The van der Waals surface area contributed by atoms with Gasteiger partial charge >= 0.3 is 5.97 Å². The molecule has 0 bridgehead atoms. The van der Waals surface area contributed by atoms with Gasteiger partial charge in [-0.1, -0.05) is 119 Å². The number of carbonyl (C=O) groups is 1. The molecular formula is C58H94O2. The van der Waals surface area contributed by atoms with Crippen molar-refractivity contribution < 1.29 is 9.53 Å². The van der Waals surface area contributed by atoms with Crippen molar-refractivity contribution >= 4 is 5.97 Å². The molecule has 0 N–H and O–H groups in total. The number of hydrogen-bond acceptors (Lipinski definition) is 2. The van der Waals surface area contributed by atoms with Gasteiger partial charge in [-0.15, -0.1) is 0 Å². The van der Waals surface area contributed by atoms with Gasteiger partial charge in [0.15, 0.2) is 0 Å². The fourth-order valence-corrected chi connectivity index (χ4v) is 20.7. The highest BCUT2D eigenvalue weighted by atomic mass is 16.5. The van der Waals surface area contributed by atoms with Gasteiger partial charge in [0.2, 0.25) is 0 Å². The second-order valence-corrected chi connectivity index (χ2v) is 27.2. The Balaban J connectivity index is 0.912. The molecule has 0 amide bonds. The van der Waals surface area contributed by atoms with Crippen molar-refractivity contribution in [3.63, 3.8) is 0 Å². The van der Waals surface area contributed by atoms with E-state index in [0.717, 1.165) is 85.4 Å². The van der Waals surface area contributed by atoms with E-state index in [1.807, 2.05) is 0 Å². The highest BCUT2D eigenvalue weighted by Gasteiger charge is 2.72. The third-order valence-corrected chi connectivity index (χ3v) is 24.6. The van der Waals surface area contributed by atoms with Gasteiger partial charge in [0, 0.05) is 6.42 Å². The highest BCUT2D eigenvalue weighted by molar-refractivity contribution is 5.78. The SMILES string of the molecule is C=C(C)[C@@H]1CC[C@]2(C(=O)O[C@@H]3CC[C@@]4(C)C(=CC[C@H]5[C@@H]6CC[C@H]([C@H](C)CCCC(C)C)[C@@]6(C)CC[C@@H]54)C3)CC[C@]3(C)[C@H](CC[C@@H]4[C@@]5(C)CCC(C)C(C)(C)C5CC[C@]43C)C12. The summed E-state index contributed by atoms with van der Waals surface area (Å²) in [5.74, 6) is 9.22. The first-order valence-electron chi connectivity index (χ1n) is 26.7. The van der Waals surface area contributed by atoms with Gasteiger partial charge in [-0.25, -0.2) is 0 Å². The molecule has 2 heteroatoms. The van der Waals surface area contributed by atoms with Crippen molar-refractivity contribution in [1.29, 1.82) is 0 Å². The highest BCUT2D eigenvalue weighted by Crippen LogP contribution is 2.78. The Morgan fingerprint density at radius 1 is 0.733 bits per heavy atom. The van der Waals surface area contributed by atoms with Crippen LogP contribution in [0.15, 0.2) is 23.8 Å². The summed E-state index contributed by atoms with van der Waals surface area (Å²) < 4.78 is 7.02. The molecule has 9 rings (SSSR count). The lowest BCUT2D eigenvalue weighted by Gasteiger charge is -2.73. The first-order chi connectivity index (χ1) is 28.2. The minimum absolute atomic E-state index is 0.0533. The van der Waals surface area contributed by atoms with Crippen molar-refractivity contribution in [3.8, 4) is 0 Å². The maximum absolute atomic E-state index is 15.3. The maximum atomic E-state index is 15.3. The number of rotatable bonds is 8. The third kappa shape index (κ3) is 6.17. The van der Waals surface area contributed by atoms with Gasteiger partial charge in [-0.3, -0.25) is 4.79 Å². The smallest absolute Gasteiger partial charge is 0.312 e. The Morgan fingerprint density at radius 2 is 1.47 bits per heavy atom. The van der Waals surface area contributed by atoms with Gasteiger partial charge in [0.05, 0.1) is 5.41 Å². The van der Waals surface area contributed by atoms with Crippen LogP contribution in [0.5, 0.6) is 0 Å². The average molecular weight is 823 g/mol. The molecule has 9 aliphatic carbocycles. The fraction of sp³-hybridized carbons (Fsp3) is 0.914. The van der Waals surface area contributed by atoms with Crippen LogP contribution in [-0.4, -0.2) is 12.1 Å². The van der Waals surface area contributed by atoms with Crippen molar-refractivity contribution in [3.05, 3.63) is 23.8 Å². The molecule has 0 heterocycles. The zero-order valence-electron chi connectivity index (χ0n) is 41.5. The van der Waals surface area contributed by atoms with Crippen molar-refractivity contribution in [2.75, 3.05) is 0 Å². The predicted molar refractivity (Wildman–Crippen MR) is 251 cm³/mol. The van der Waals surface area contributed by atoms with Crippen molar-refractivity contribution in [1.82, 2.24) is 0 Å². The molecule has 0 aliphatic heterocycles. The first-order valence-corrected chi connectivity index (χ1v) is 26.7. The number of esters is 1. The van der Waals surface area contributed by atoms with E-state index in [4.69, 9.17) is 4.74 Å². The second kappa shape index (κ2) is 15.0. The van der Waals surface area contributed by atoms with E-state index in [1.54, 1.807) is 5.57 Å². The normalized spacial score (nSPS) is 52.0. The van der Waals surface area contributed by atoms with E-state index in [-0.39, 0.29) is 28.3 Å². The largest absolute Gasteiger partial charge is 0.462 e. The van der Waals surface area contributed by atoms with Gasteiger partial charge in [0.25, 0.3) is 0 Å². The zero-order valence-corrected chi connectivity index (χ0v) is 41.5. The number of allylic oxidation sites excluding steroid dienone is 2. The summed E-state index contributed by atoms with van der Waals surface area (Å²) in [5.41, 5.74) is 4.93. The molecule has 2 nitrogen and oxygen atoms in total. The molecule has 3 unspecified atom stereocenters. The standard InChI is InChI=1S/C58H94O2/c1-36(2)15-14-16-38(5)44-19-20-45-43-18-17-40-35-41(24-29-53(40,9)46(43)26-30-54(44,45)10)60-51(59)58-32-25-42(37(3)4)50(58)47-21-22-49-55(11)28-23-39(6)52(7,8)48(55)27-31-57(49,13)56(47,12)33-34-58/h17,36,38-39,41-50H,3,14-16,18-35H2,1-2,4-13H3/t38-,39?,41-,42+,43+,44-,45+,46+,47-,48?,49-,50?,53+,54-,55+,56-,57-,58+/m1/s1. The van der Waals surface area contributed by atoms with Gasteiger partial charge in [0.1, 0.15) is 6.10 Å². The summed E-state index contributed by atoms with van der Waals surface area (Å²) in [6, 6.07) is 0. The van der Waals surface area contributed by atoms with Gasteiger partial charge in [-0.05, 0) is 220 Å². The zero-order chi connectivity index (χ0) is 43.0. The van der Waals surface area contributed by atoms with Crippen LogP contribution < -0.4 is 0 Å². The average Bonchev–Trinajstić information content (AvgIpc) is 3.76. The van der Waals surface area contributed by atoms with E-state index >= 15 is 4.79 Å². The number of carbonyl (C=O) groups excluding carboxylic acids is 1.